The maximum absolute atomic E-state index is 5.40. The smallest absolute Gasteiger partial charge is 0.193 e. The highest BCUT2D eigenvalue weighted by Crippen LogP contribution is 2.26. The Morgan fingerprint density at radius 2 is 2.16 bits per heavy atom. The Balaban J connectivity index is 0.00000225. The molecule has 2 saturated heterocycles. The summed E-state index contributed by atoms with van der Waals surface area (Å²) in [5.74, 6) is 1.61. The zero-order chi connectivity index (χ0) is 16.8. The van der Waals surface area contributed by atoms with Crippen LogP contribution in [0.15, 0.2) is 17.4 Å². The topological polar surface area (TPSA) is 57.9 Å². The van der Waals surface area contributed by atoms with Crippen LogP contribution in [0, 0.1) is 0 Å². The summed E-state index contributed by atoms with van der Waals surface area (Å²) < 4.78 is 7.29. The Hall–Kier alpha value is -0.870. The zero-order valence-corrected chi connectivity index (χ0v) is 17.7. The Bertz CT molecular complexity index is 543. The molecule has 25 heavy (non-hydrogen) atoms. The van der Waals surface area contributed by atoms with E-state index in [0.29, 0.717) is 5.92 Å². The molecule has 2 fully saturated rings. The molecule has 142 valence electrons. The average Bonchev–Trinajstić information content (AvgIpc) is 3.24. The van der Waals surface area contributed by atoms with Gasteiger partial charge in [-0.2, -0.15) is 5.10 Å². The minimum atomic E-state index is 0. The summed E-state index contributed by atoms with van der Waals surface area (Å²) >= 11 is 0. The number of aryl methyl sites for hydroxylation is 1. The van der Waals surface area contributed by atoms with Crippen molar-refractivity contribution >= 4 is 29.9 Å². The first-order valence-corrected chi connectivity index (χ1v) is 9.08. The fourth-order valence-corrected chi connectivity index (χ4v) is 3.42. The van der Waals surface area contributed by atoms with Gasteiger partial charge in [-0.15, -0.1) is 24.0 Å². The molecule has 1 N–H and O–H groups in total. The Kier molecular flexibility index (Phi) is 8.44. The molecule has 8 heteroatoms. The lowest BCUT2D eigenvalue weighted by molar-refractivity contribution is 0.0394. The summed E-state index contributed by atoms with van der Waals surface area (Å²) in [5.41, 5.74) is 1.34. The molecule has 0 radical (unpaired) electrons. The molecule has 0 amide bonds. The molecular weight excluding hydrogens is 431 g/mol. The summed E-state index contributed by atoms with van der Waals surface area (Å²) in [5, 5.41) is 7.76. The summed E-state index contributed by atoms with van der Waals surface area (Å²) in [6.45, 7) is 10.7. The minimum absolute atomic E-state index is 0. The number of nitrogens with one attached hydrogen (secondary N) is 1. The van der Waals surface area contributed by atoms with Gasteiger partial charge in [0.05, 0.1) is 26.0 Å². The maximum Gasteiger partial charge on any atom is 0.193 e. The number of rotatable bonds is 5. The van der Waals surface area contributed by atoms with Gasteiger partial charge >= 0.3 is 0 Å². The first kappa shape index (κ1) is 20.4. The van der Waals surface area contributed by atoms with Crippen molar-refractivity contribution in [2.24, 2.45) is 12.0 Å². The lowest BCUT2D eigenvalue weighted by Gasteiger charge is -2.26. The number of aromatic nitrogens is 2. The second kappa shape index (κ2) is 10.3. The normalized spacial score (nSPS) is 22.1. The Morgan fingerprint density at radius 1 is 1.36 bits per heavy atom. The maximum atomic E-state index is 5.40. The van der Waals surface area contributed by atoms with E-state index in [-0.39, 0.29) is 24.0 Å². The van der Waals surface area contributed by atoms with Gasteiger partial charge in [0.25, 0.3) is 0 Å². The molecule has 1 unspecified atom stereocenters. The largest absolute Gasteiger partial charge is 0.379 e. The number of nitrogens with zero attached hydrogens (tertiary/aromatic N) is 5. The number of halogens is 1. The number of aliphatic imine (C=N–C) groups is 1. The van der Waals surface area contributed by atoms with E-state index >= 15 is 0 Å². The Morgan fingerprint density at radius 3 is 2.84 bits per heavy atom. The van der Waals surface area contributed by atoms with Crippen molar-refractivity contribution in [1.82, 2.24) is 24.9 Å². The molecule has 0 aliphatic carbocycles. The summed E-state index contributed by atoms with van der Waals surface area (Å²) in [6, 6.07) is 0. The fourth-order valence-electron chi connectivity index (χ4n) is 3.42. The van der Waals surface area contributed by atoms with Crippen molar-refractivity contribution in [3.05, 3.63) is 18.0 Å². The third-order valence-corrected chi connectivity index (χ3v) is 4.80. The first-order valence-electron chi connectivity index (χ1n) is 9.08. The van der Waals surface area contributed by atoms with Gasteiger partial charge in [-0.25, -0.2) is 0 Å². The van der Waals surface area contributed by atoms with E-state index in [2.05, 4.69) is 33.3 Å². The van der Waals surface area contributed by atoms with Crippen LogP contribution in [-0.4, -0.2) is 84.6 Å². The fraction of sp³-hybridized carbons (Fsp3) is 0.765. The van der Waals surface area contributed by atoms with Crippen molar-refractivity contribution < 1.29 is 4.74 Å². The van der Waals surface area contributed by atoms with E-state index in [1.54, 1.807) is 0 Å². The summed E-state index contributed by atoms with van der Waals surface area (Å²) in [7, 11) is 1.98. The highest BCUT2D eigenvalue weighted by Gasteiger charge is 2.26. The van der Waals surface area contributed by atoms with Gasteiger partial charge in [0.15, 0.2) is 5.96 Å². The van der Waals surface area contributed by atoms with Crippen LogP contribution in [0.5, 0.6) is 0 Å². The van der Waals surface area contributed by atoms with Crippen molar-refractivity contribution in [2.45, 2.75) is 19.3 Å². The lowest BCUT2D eigenvalue weighted by Crippen LogP contribution is -2.41. The van der Waals surface area contributed by atoms with Crippen LogP contribution < -0.4 is 5.32 Å². The third kappa shape index (κ3) is 5.82. The molecule has 0 aromatic carbocycles. The standard InChI is InChI=1S/C17H30N6O.HI/c1-3-18-17(19-5-7-22-8-10-24-11-9-22)23-6-4-15(14-23)16-12-20-21(2)13-16;/h12-13,15H,3-11,14H2,1-2H3,(H,18,19);1H. The van der Waals surface area contributed by atoms with E-state index in [1.807, 2.05) is 17.9 Å². The van der Waals surface area contributed by atoms with Gasteiger partial charge in [0, 0.05) is 58.4 Å². The van der Waals surface area contributed by atoms with E-state index in [4.69, 9.17) is 9.73 Å². The molecule has 2 aliphatic heterocycles. The molecule has 2 aliphatic rings. The monoisotopic (exact) mass is 462 g/mol. The van der Waals surface area contributed by atoms with E-state index in [1.165, 1.54) is 12.0 Å². The van der Waals surface area contributed by atoms with Crippen molar-refractivity contribution in [3.63, 3.8) is 0 Å². The van der Waals surface area contributed by atoms with Crippen molar-refractivity contribution in [3.8, 4) is 0 Å². The van der Waals surface area contributed by atoms with Crippen LogP contribution in [0.3, 0.4) is 0 Å². The predicted octanol–water partition coefficient (Wildman–Crippen LogP) is 1.13. The molecule has 1 aromatic heterocycles. The molecule has 1 aromatic rings. The number of likely N-dealkylation sites (tertiary alicyclic amines) is 1. The van der Waals surface area contributed by atoms with Crippen LogP contribution in [0.25, 0.3) is 0 Å². The molecule has 0 saturated carbocycles. The molecule has 0 bridgehead atoms. The highest BCUT2D eigenvalue weighted by molar-refractivity contribution is 14.0. The van der Waals surface area contributed by atoms with E-state index in [0.717, 1.165) is 65.0 Å². The number of hydrogen-bond acceptors (Lipinski definition) is 4. The van der Waals surface area contributed by atoms with Crippen LogP contribution in [0.1, 0.15) is 24.8 Å². The quantitative estimate of drug-likeness (QED) is 0.404. The SMILES string of the molecule is CCNC(=NCCN1CCOCC1)N1CCC(c2cnn(C)c2)C1.I. The van der Waals surface area contributed by atoms with Crippen LogP contribution in [0.2, 0.25) is 0 Å². The van der Waals surface area contributed by atoms with Gasteiger partial charge in [-0.3, -0.25) is 14.6 Å². The highest BCUT2D eigenvalue weighted by atomic mass is 127. The van der Waals surface area contributed by atoms with Crippen molar-refractivity contribution in [2.75, 3.05) is 59.0 Å². The second-order valence-corrected chi connectivity index (χ2v) is 6.57. The third-order valence-electron chi connectivity index (χ3n) is 4.80. The summed E-state index contributed by atoms with van der Waals surface area (Å²) in [6.07, 6.45) is 5.30. The molecule has 1 atom stereocenters. The number of ether oxygens (including phenoxy) is 1. The zero-order valence-electron chi connectivity index (χ0n) is 15.4. The number of morpholine rings is 1. The molecule has 3 rings (SSSR count). The molecular formula is C17H31IN6O. The first-order chi connectivity index (χ1) is 11.8. The average molecular weight is 462 g/mol. The Labute approximate surface area is 167 Å². The van der Waals surface area contributed by atoms with E-state index < -0.39 is 0 Å². The van der Waals surface area contributed by atoms with Gasteiger partial charge in [-0.1, -0.05) is 0 Å². The van der Waals surface area contributed by atoms with Gasteiger partial charge < -0.3 is 15.0 Å². The van der Waals surface area contributed by atoms with Crippen molar-refractivity contribution in [1.29, 1.82) is 0 Å². The van der Waals surface area contributed by atoms with Gasteiger partial charge in [0.1, 0.15) is 0 Å². The molecule has 7 nitrogen and oxygen atoms in total. The van der Waals surface area contributed by atoms with Gasteiger partial charge in [0.2, 0.25) is 0 Å². The van der Waals surface area contributed by atoms with Crippen LogP contribution in [0.4, 0.5) is 0 Å². The van der Waals surface area contributed by atoms with Crippen LogP contribution in [-0.2, 0) is 11.8 Å². The summed E-state index contributed by atoms with van der Waals surface area (Å²) in [4.78, 5) is 9.67. The lowest BCUT2D eigenvalue weighted by atomic mass is 10.0. The van der Waals surface area contributed by atoms with E-state index in [9.17, 15) is 0 Å². The minimum Gasteiger partial charge on any atom is -0.379 e. The number of hydrogen-bond donors (Lipinski definition) is 1. The van der Waals surface area contributed by atoms with Crippen LogP contribution >= 0.6 is 24.0 Å². The second-order valence-electron chi connectivity index (χ2n) is 6.57. The molecule has 0 spiro atoms. The van der Waals surface area contributed by atoms with Gasteiger partial charge in [-0.05, 0) is 18.9 Å². The number of guanidine groups is 1. The molecule has 3 heterocycles. The predicted molar refractivity (Wildman–Crippen MR) is 111 cm³/mol.